The third-order valence-corrected chi connectivity index (χ3v) is 2.80. The van der Waals surface area contributed by atoms with Crippen LogP contribution >= 0.6 is 0 Å². The van der Waals surface area contributed by atoms with Gasteiger partial charge in [-0.2, -0.15) is 0 Å². The predicted molar refractivity (Wildman–Crippen MR) is 70.9 cm³/mol. The lowest BCUT2D eigenvalue weighted by Crippen LogP contribution is -2.39. The summed E-state index contributed by atoms with van der Waals surface area (Å²) in [4.78, 5) is 22.1. The molecule has 1 aromatic carbocycles. The number of aliphatic hydroxyl groups is 1. The van der Waals surface area contributed by atoms with E-state index in [4.69, 9.17) is 0 Å². The highest BCUT2D eigenvalue weighted by Crippen LogP contribution is 2.19. The van der Waals surface area contributed by atoms with Gasteiger partial charge in [0.05, 0.1) is 11.0 Å². The average molecular weight is 266 g/mol. The summed E-state index contributed by atoms with van der Waals surface area (Å²) in [5.41, 5.74) is -0.616. The molecule has 1 aromatic rings. The van der Waals surface area contributed by atoms with Crippen molar-refractivity contribution in [2.24, 2.45) is 5.41 Å². The summed E-state index contributed by atoms with van der Waals surface area (Å²) in [5.74, 6) is -0.560. The van der Waals surface area contributed by atoms with Crippen LogP contribution in [0.2, 0.25) is 0 Å². The van der Waals surface area contributed by atoms with E-state index in [1.54, 1.807) is 6.07 Å². The Balaban J connectivity index is 2.77. The molecule has 19 heavy (non-hydrogen) atoms. The third-order valence-electron chi connectivity index (χ3n) is 2.80. The zero-order chi connectivity index (χ0) is 14.6. The second-order valence-electron chi connectivity index (χ2n) is 5.37. The van der Waals surface area contributed by atoms with Crippen molar-refractivity contribution < 1.29 is 14.8 Å². The number of benzene rings is 1. The Morgan fingerprint density at radius 2 is 2.00 bits per heavy atom. The molecule has 1 amide bonds. The fourth-order valence-corrected chi connectivity index (χ4v) is 1.42. The zero-order valence-electron chi connectivity index (χ0n) is 11.2. The summed E-state index contributed by atoms with van der Waals surface area (Å²) in [5, 5.41) is 23.1. The van der Waals surface area contributed by atoms with Gasteiger partial charge in [-0.25, -0.2) is 0 Å². The van der Waals surface area contributed by atoms with Gasteiger partial charge in [0.2, 0.25) is 0 Å². The molecule has 1 atom stereocenters. The van der Waals surface area contributed by atoms with Crippen molar-refractivity contribution in [3.63, 3.8) is 0 Å². The number of nitro groups is 1. The number of nitrogens with zero attached hydrogens (tertiary/aromatic N) is 1. The van der Waals surface area contributed by atoms with Gasteiger partial charge in [0.1, 0.15) is 5.56 Å². The minimum atomic E-state index is -0.723. The molecule has 1 rings (SSSR count). The first-order chi connectivity index (χ1) is 8.73. The number of amides is 1. The minimum absolute atomic E-state index is 0.00592. The number of carbonyl (C=O) groups is 1. The topological polar surface area (TPSA) is 92.5 Å². The number of rotatable bonds is 4. The van der Waals surface area contributed by atoms with Crippen LogP contribution in [0.25, 0.3) is 0 Å². The standard InChI is InChI=1S/C13H18N2O4/c1-13(2,3)11(16)8-14-12(17)9-6-4-5-7-10(9)15(18)19/h4-7,11,16H,8H2,1-3H3,(H,14,17). The first kappa shape index (κ1) is 15.1. The normalized spacial score (nSPS) is 12.8. The van der Waals surface area contributed by atoms with Crippen LogP contribution in [0, 0.1) is 15.5 Å². The number of para-hydroxylation sites is 1. The Kier molecular flexibility index (Phi) is 4.61. The first-order valence-electron chi connectivity index (χ1n) is 5.93. The fourth-order valence-electron chi connectivity index (χ4n) is 1.42. The lowest BCUT2D eigenvalue weighted by molar-refractivity contribution is -0.385. The number of hydrogen-bond acceptors (Lipinski definition) is 4. The second-order valence-corrected chi connectivity index (χ2v) is 5.37. The van der Waals surface area contributed by atoms with Crippen LogP contribution < -0.4 is 5.32 Å². The van der Waals surface area contributed by atoms with Crippen molar-refractivity contribution >= 4 is 11.6 Å². The molecule has 0 radical (unpaired) electrons. The van der Waals surface area contributed by atoms with Gasteiger partial charge in [0.15, 0.2) is 0 Å². The maximum Gasteiger partial charge on any atom is 0.282 e. The monoisotopic (exact) mass is 266 g/mol. The molecule has 0 aromatic heterocycles. The van der Waals surface area contributed by atoms with E-state index in [0.717, 1.165) is 0 Å². The molecule has 0 aliphatic heterocycles. The van der Waals surface area contributed by atoms with Crippen LogP contribution in [0.3, 0.4) is 0 Å². The molecule has 0 heterocycles. The summed E-state index contributed by atoms with van der Waals surface area (Å²) in [7, 11) is 0. The number of hydrogen-bond donors (Lipinski definition) is 2. The maximum absolute atomic E-state index is 11.9. The van der Waals surface area contributed by atoms with Gasteiger partial charge in [0, 0.05) is 12.6 Å². The van der Waals surface area contributed by atoms with Crippen LogP contribution in [0.5, 0.6) is 0 Å². The number of nitrogens with one attached hydrogen (secondary N) is 1. The molecule has 0 saturated heterocycles. The van der Waals surface area contributed by atoms with E-state index < -0.39 is 16.9 Å². The smallest absolute Gasteiger partial charge is 0.282 e. The predicted octanol–water partition coefficient (Wildman–Crippen LogP) is 1.73. The van der Waals surface area contributed by atoms with Gasteiger partial charge in [-0.1, -0.05) is 32.9 Å². The van der Waals surface area contributed by atoms with Crippen molar-refractivity contribution in [2.75, 3.05) is 6.54 Å². The Bertz CT molecular complexity index is 480. The van der Waals surface area contributed by atoms with Crippen molar-refractivity contribution in [2.45, 2.75) is 26.9 Å². The van der Waals surface area contributed by atoms with E-state index in [9.17, 15) is 20.0 Å². The van der Waals surface area contributed by atoms with Crippen LogP contribution in [-0.2, 0) is 0 Å². The summed E-state index contributed by atoms with van der Waals surface area (Å²) in [6, 6.07) is 5.72. The largest absolute Gasteiger partial charge is 0.391 e. The summed E-state index contributed by atoms with van der Waals surface area (Å²) in [6.45, 7) is 5.58. The summed E-state index contributed by atoms with van der Waals surface area (Å²) in [6.07, 6.45) is -0.723. The van der Waals surface area contributed by atoms with Crippen molar-refractivity contribution in [1.82, 2.24) is 5.32 Å². The highest BCUT2D eigenvalue weighted by molar-refractivity contribution is 5.98. The quantitative estimate of drug-likeness (QED) is 0.641. The highest BCUT2D eigenvalue weighted by atomic mass is 16.6. The average Bonchev–Trinajstić information content (AvgIpc) is 2.34. The number of nitro benzene ring substituents is 1. The molecule has 6 heteroatoms. The lowest BCUT2D eigenvalue weighted by Gasteiger charge is -2.25. The van der Waals surface area contributed by atoms with E-state index in [2.05, 4.69) is 5.32 Å². The Hall–Kier alpha value is -1.95. The first-order valence-corrected chi connectivity index (χ1v) is 5.93. The van der Waals surface area contributed by atoms with Gasteiger partial charge in [-0.15, -0.1) is 0 Å². The molecule has 0 spiro atoms. The molecule has 104 valence electrons. The summed E-state index contributed by atoms with van der Waals surface area (Å²) < 4.78 is 0. The summed E-state index contributed by atoms with van der Waals surface area (Å²) >= 11 is 0. The number of carbonyl (C=O) groups excluding carboxylic acids is 1. The van der Waals surface area contributed by atoms with Gasteiger partial charge >= 0.3 is 0 Å². The molecule has 0 bridgehead atoms. The molecule has 1 unspecified atom stereocenters. The van der Waals surface area contributed by atoms with Crippen LogP contribution in [0.4, 0.5) is 5.69 Å². The molecule has 2 N–H and O–H groups in total. The Labute approximate surface area is 111 Å². The fraction of sp³-hybridized carbons (Fsp3) is 0.462. The van der Waals surface area contributed by atoms with Crippen LogP contribution in [0.1, 0.15) is 31.1 Å². The Morgan fingerprint density at radius 3 is 2.53 bits per heavy atom. The third kappa shape index (κ3) is 4.03. The van der Waals surface area contributed by atoms with Crippen LogP contribution in [-0.4, -0.2) is 28.6 Å². The highest BCUT2D eigenvalue weighted by Gasteiger charge is 2.24. The SMILES string of the molecule is CC(C)(C)C(O)CNC(=O)c1ccccc1[N+](=O)[O-]. The van der Waals surface area contributed by atoms with Gasteiger partial charge in [-0.3, -0.25) is 14.9 Å². The van der Waals surface area contributed by atoms with E-state index in [-0.39, 0.29) is 23.2 Å². The van der Waals surface area contributed by atoms with E-state index in [1.807, 2.05) is 20.8 Å². The number of aliphatic hydroxyl groups excluding tert-OH is 1. The maximum atomic E-state index is 11.9. The Morgan fingerprint density at radius 1 is 1.42 bits per heavy atom. The van der Waals surface area contributed by atoms with E-state index in [1.165, 1.54) is 18.2 Å². The molecule has 6 nitrogen and oxygen atoms in total. The van der Waals surface area contributed by atoms with Crippen molar-refractivity contribution in [1.29, 1.82) is 0 Å². The minimum Gasteiger partial charge on any atom is -0.391 e. The van der Waals surface area contributed by atoms with Crippen molar-refractivity contribution in [3.05, 3.63) is 39.9 Å². The van der Waals surface area contributed by atoms with Gasteiger partial charge in [-0.05, 0) is 11.5 Å². The zero-order valence-corrected chi connectivity index (χ0v) is 11.2. The van der Waals surface area contributed by atoms with E-state index in [0.29, 0.717) is 0 Å². The molecule has 0 aliphatic rings. The lowest BCUT2D eigenvalue weighted by atomic mass is 9.89. The molecule has 0 saturated carbocycles. The van der Waals surface area contributed by atoms with Crippen LogP contribution in [0.15, 0.2) is 24.3 Å². The van der Waals surface area contributed by atoms with Gasteiger partial charge in [0.25, 0.3) is 11.6 Å². The van der Waals surface area contributed by atoms with E-state index >= 15 is 0 Å². The van der Waals surface area contributed by atoms with Gasteiger partial charge < -0.3 is 10.4 Å². The molecule has 0 aliphatic carbocycles. The molecular formula is C13H18N2O4. The molecular weight excluding hydrogens is 248 g/mol. The molecule has 0 fully saturated rings. The second kappa shape index (κ2) is 5.79. The van der Waals surface area contributed by atoms with Crippen molar-refractivity contribution in [3.8, 4) is 0 Å².